The molecule has 0 saturated carbocycles. The topological polar surface area (TPSA) is 69.7 Å². The molecule has 0 unspecified atom stereocenters. The van der Waals surface area contributed by atoms with E-state index in [0.29, 0.717) is 31.5 Å². The minimum absolute atomic E-state index is 0.194. The molecule has 4 amide bonds. The summed E-state index contributed by atoms with van der Waals surface area (Å²) >= 11 is 0. The van der Waals surface area contributed by atoms with E-state index in [2.05, 4.69) is 5.32 Å². The van der Waals surface area contributed by atoms with Gasteiger partial charge >= 0.3 is 6.03 Å². The van der Waals surface area contributed by atoms with Crippen LogP contribution in [0.1, 0.15) is 23.2 Å². The van der Waals surface area contributed by atoms with Crippen molar-refractivity contribution in [3.8, 4) is 0 Å². The summed E-state index contributed by atoms with van der Waals surface area (Å²) in [6.07, 6.45) is 0.768. The Kier molecular flexibility index (Phi) is 3.35. The van der Waals surface area contributed by atoms with Gasteiger partial charge in [-0.25, -0.2) is 9.18 Å². The minimum atomic E-state index is -0.884. The molecule has 1 aromatic carbocycles. The molecule has 7 heteroatoms. The Morgan fingerprint density at radius 1 is 1.18 bits per heavy atom. The monoisotopic (exact) mass is 305 g/mol. The number of piperidine rings is 1. The van der Waals surface area contributed by atoms with Gasteiger partial charge in [-0.05, 0) is 37.1 Å². The third-order valence-electron chi connectivity index (χ3n) is 4.36. The van der Waals surface area contributed by atoms with Crippen LogP contribution >= 0.6 is 0 Å². The Morgan fingerprint density at radius 2 is 1.77 bits per heavy atom. The lowest BCUT2D eigenvalue weighted by Crippen LogP contribution is -2.55. The van der Waals surface area contributed by atoms with Gasteiger partial charge in [0.15, 0.2) is 0 Å². The van der Waals surface area contributed by atoms with E-state index in [1.165, 1.54) is 31.3 Å². The van der Waals surface area contributed by atoms with Crippen LogP contribution in [0.3, 0.4) is 0 Å². The number of benzene rings is 1. The highest BCUT2D eigenvalue weighted by molar-refractivity contribution is 6.07. The summed E-state index contributed by atoms with van der Waals surface area (Å²) in [6.45, 7) is 0.742. The number of likely N-dealkylation sites (tertiary alicyclic amines) is 1. The number of nitrogens with one attached hydrogen (secondary N) is 1. The lowest BCUT2D eigenvalue weighted by molar-refractivity contribution is -0.131. The highest BCUT2D eigenvalue weighted by atomic mass is 19.1. The van der Waals surface area contributed by atoms with Gasteiger partial charge in [0.2, 0.25) is 0 Å². The van der Waals surface area contributed by atoms with Crippen LogP contribution in [-0.4, -0.2) is 53.3 Å². The van der Waals surface area contributed by atoms with Crippen LogP contribution in [-0.2, 0) is 4.79 Å². The van der Waals surface area contributed by atoms with Crippen molar-refractivity contribution >= 4 is 17.8 Å². The molecule has 0 aromatic heterocycles. The van der Waals surface area contributed by atoms with Crippen molar-refractivity contribution in [3.63, 3.8) is 0 Å². The zero-order valence-electron chi connectivity index (χ0n) is 12.1. The molecule has 2 saturated heterocycles. The van der Waals surface area contributed by atoms with Crippen LogP contribution in [0.5, 0.6) is 0 Å². The summed E-state index contributed by atoms with van der Waals surface area (Å²) in [4.78, 5) is 38.8. The minimum Gasteiger partial charge on any atom is -0.338 e. The van der Waals surface area contributed by atoms with Crippen LogP contribution in [0.25, 0.3) is 0 Å². The number of nitrogens with zero attached hydrogens (tertiary/aromatic N) is 2. The number of likely N-dealkylation sites (N-methyl/N-ethyl adjacent to an activating group) is 1. The highest BCUT2D eigenvalue weighted by Gasteiger charge is 2.51. The molecule has 2 fully saturated rings. The van der Waals surface area contributed by atoms with Gasteiger partial charge in [-0.3, -0.25) is 14.5 Å². The van der Waals surface area contributed by atoms with E-state index in [1.807, 2.05) is 0 Å². The SMILES string of the molecule is CN1C(=O)NC2(CCN(C(=O)c3ccc(F)cc3)CC2)C1=O. The molecule has 0 atom stereocenters. The van der Waals surface area contributed by atoms with Gasteiger partial charge in [-0.15, -0.1) is 0 Å². The van der Waals surface area contributed by atoms with Crippen LogP contribution in [0, 0.1) is 5.82 Å². The van der Waals surface area contributed by atoms with E-state index in [9.17, 15) is 18.8 Å². The molecule has 0 bridgehead atoms. The third-order valence-corrected chi connectivity index (χ3v) is 4.36. The van der Waals surface area contributed by atoms with E-state index in [0.717, 1.165) is 4.90 Å². The molecule has 2 aliphatic rings. The summed E-state index contributed by atoms with van der Waals surface area (Å²) in [5.74, 6) is -0.831. The number of hydrogen-bond acceptors (Lipinski definition) is 3. The van der Waals surface area contributed by atoms with E-state index in [1.54, 1.807) is 4.90 Å². The van der Waals surface area contributed by atoms with Crippen LogP contribution < -0.4 is 5.32 Å². The number of urea groups is 1. The van der Waals surface area contributed by atoms with Crippen molar-refractivity contribution in [1.29, 1.82) is 0 Å². The molecule has 0 radical (unpaired) electrons. The zero-order chi connectivity index (χ0) is 15.9. The number of carbonyl (C=O) groups is 3. The average Bonchev–Trinajstić information content (AvgIpc) is 2.73. The van der Waals surface area contributed by atoms with Gasteiger partial charge in [0.05, 0.1) is 0 Å². The predicted octanol–water partition coefficient (Wildman–Crippen LogP) is 0.982. The van der Waals surface area contributed by atoms with Gasteiger partial charge in [0.25, 0.3) is 11.8 Å². The predicted molar refractivity (Wildman–Crippen MR) is 75.6 cm³/mol. The second-order valence-corrected chi connectivity index (χ2v) is 5.68. The first kappa shape index (κ1) is 14.5. The molecule has 22 heavy (non-hydrogen) atoms. The normalized spacial score (nSPS) is 20.5. The van der Waals surface area contributed by atoms with E-state index < -0.39 is 17.4 Å². The number of halogens is 1. The standard InChI is InChI=1S/C15H16FN3O3/c1-18-13(21)15(17-14(18)22)6-8-19(9-7-15)12(20)10-2-4-11(16)5-3-10/h2-5H,6-9H2,1H3,(H,17,22). The largest absolute Gasteiger partial charge is 0.338 e. The van der Waals surface area contributed by atoms with Gasteiger partial charge in [0.1, 0.15) is 11.4 Å². The van der Waals surface area contributed by atoms with Crippen molar-refractivity contribution < 1.29 is 18.8 Å². The molecule has 6 nitrogen and oxygen atoms in total. The second kappa shape index (κ2) is 5.08. The maximum absolute atomic E-state index is 12.9. The zero-order valence-corrected chi connectivity index (χ0v) is 12.1. The summed E-state index contributed by atoms with van der Waals surface area (Å²) in [5, 5.41) is 2.73. The fourth-order valence-electron chi connectivity index (χ4n) is 2.96. The fourth-order valence-corrected chi connectivity index (χ4v) is 2.96. The van der Waals surface area contributed by atoms with Crippen molar-refractivity contribution in [2.75, 3.05) is 20.1 Å². The van der Waals surface area contributed by atoms with E-state index >= 15 is 0 Å². The van der Waals surface area contributed by atoms with Crippen molar-refractivity contribution in [3.05, 3.63) is 35.6 Å². The van der Waals surface area contributed by atoms with Crippen molar-refractivity contribution in [2.24, 2.45) is 0 Å². The quantitative estimate of drug-likeness (QED) is 0.786. The van der Waals surface area contributed by atoms with Crippen LogP contribution in [0.4, 0.5) is 9.18 Å². The van der Waals surface area contributed by atoms with Crippen LogP contribution in [0.15, 0.2) is 24.3 Å². The summed E-state index contributed by atoms with van der Waals surface area (Å²) in [6, 6.07) is 4.97. The molecule has 1 spiro atoms. The van der Waals surface area contributed by atoms with Crippen molar-refractivity contribution in [2.45, 2.75) is 18.4 Å². The molecular formula is C15H16FN3O3. The Morgan fingerprint density at radius 3 is 2.27 bits per heavy atom. The molecule has 116 valence electrons. The molecular weight excluding hydrogens is 289 g/mol. The first-order valence-corrected chi connectivity index (χ1v) is 7.08. The van der Waals surface area contributed by atoms with Gasteiger partial charge in [-0.1, -0.05) is 0 Å². The number of hydrogen-bond donors (Lipinski definition) is 1. The summed E-state index contributed by atoms with van der Waals surface area (Å²) in [7, 11) is 1.45. The van der Waals surface area contributed by atoms with E-state index in [-0.39, 0.29) is 11.8 Å². The second-order valence-electron chi connectivity index (χ2n) is 5.68. The fraction of sp³-hybridized carbons (Fsp3) is 0.400. The maximum Gasteiger partial charge on any atom is 0.324 e. The molecule has 2 heterocycles. The Bertz CT molecular complexity index is 636. The number of imide groups is 1. The summed E-state index contributed by atoms with van der Waals surface area (Å²) < 4.78 is 12.9. The molecule has 1 N–H and O–H groups in total. The summed E-state index contributed by atoms with van der Waals surface area (Å²) in [5.41, 5.74) is -0.470. The molecule has 0 aliphatic carbocycles. The van der Waals surface area contributed by atoms with Gasteiger partial charge in [0, 0.05) is 25.7 Å². The Labute approximate surface area is 126 Å². The maximum atomic E-state index is 12.9. The third kappa shape index (κ3) is 2.22. The Balaban J connectivity index is 1.69. The first-order chi connectivity index (χ1) is 10.4. The lowest BCUT2D eigenvalue weighted by Gasteiger charge is -2.37. The average molecular weight is 305 g/mol. The van der Waals surface area contributed by atoms with Crippen molar-refractivity contribution in [1.82, 2.24) is 15.1 Å². The number of rotatable bonds is 1. The molecule has 1 aromatic rings. The van der Waals surface area contributed by atoms with E-state index in [4.69, 9.17) is 0 Å². The molecule has 2 aliphatic heterocycles. The first-order valence-electron chi connectivity index (χ1n) is 7.08. The lowest BCUT2D eigenvalue weighted by atomic mass is 9.87. The number of carbonyl (C=O) groups excluding carboxylic acids is 3. The molecule has 3 rings (SSSR count). The number of amides is 4. The highest BCUT2D eigenvalue weighted by Crippen LogP contribution is 2.29. The van der Waals surface area contributed by atoms with Gasteiger partial charge in [-0.2, -0.15) is 0 Å². The van der Waals surface area contributed by atoms with Gasteiger partial charge < -0.3 is 10.2 Å². The smallest absolute Gasteiger partial charge is 0.324 e. The Hall–Kier alpha value is -2.44. The van der Waals surface area contributed by atoms with Crippen LogP contribution in [0.2, 0.25) is 0 Å².